The minimum Gasteiger partial charge on any atom is -0.304 e. The maximum Gasteiger partial charge on any atom is 0.0841 e. The van der Waals surface area contributed by atoms with E-state index in [9.17, 15) is 0 Å². The van der Waals surface area contributed by atoms with E-state index in [1.807, 2.05) is 30.3 Å². The molecule has 1 rings (SSSR count). The van der Waals surface area contributed by atoms with E-state index in [0.29, 0.717) is 6.54 Å². The van der Waals surface area contributed by atoms with Crippen LogP contribution in [0.2, 0.25) is 5.02 Å². The topological polar surface area (TPSA) is 35.8 Å². The van der Waals surface area contributed by atoms with E-state index in [4.69, 9.17) is 16.9 Å². The molecule has 0 radical (unpaired) electrons. The summed E-state index contributed by atoms with van der Waals surface area (Å²) in [5.41, 5.74) is 1.23. The van der Waals surface area contributed by atoms with Gasteiger partial charge in [-0.05, 0) is 24.1 Å². The molecule has 1 aromatic rings. The minimum atomic E-state index is 0.410. The number of nitrogens with zero attached hydrogens (tertiary/aromatic N) is 1. The molecule has 0 unspecified atom stereocenters. The van der Waals surface area contributed by atoms with E-state index in [1.54, 1.807) is 0 Å². The molecule has 1 aromatic carbocycles. The van der Waals surface area contributed by atoms with Gasteiger partial charge >= 0.3 is 0 Å². The number of hydrogen-bond donors (Lipinski definition) is 1. The lowest BCUT2D eigenvalue weighted by atomic mass is 10.1. The molecule has 68 valence electrons. The van der Waals surface area contributed by atoms with Gasteiger partial charge in [-0.25, -0.2) is 0 Å². The fourth-order valence-corrected chi connectivity index (χ4v) is 1.15. The predicted octanol–water partition coefficient (Wildman–Crippen LogP) is 2.00. The van der Waals surface area contributed by atoms with Crippen molar-refractivity contribution in [2.24, 2.45) is 0 Å². The molecule has 0 fully saturated rings. The number of halogens is 1. The van der Waals surface area contributed by atoms with Crippen LogP contribution >= 0.6 is 11.6 Å². The predicted molar refractivity (Wildman–Crippen MR) is 53.6 cm³/mol. The van der Waals surface area contributed by atoms with Crippen LogP contribution in [0.3, 0.4) is 0 Å². The Labute approximate surface area is 83.1 Å². The van der Waals surface area contributed by atoms with E-state index < -0.39 is 0 Å². The first-order valence-corrected chi connectivity index (χ1v) is 4.53. The molecule has 0 aliphatic heterocycles. The van der Waals surface area contributed by atoms with Crippen LogP contribution in [-0.4, -0.2) is 13.1 Å². The molecule has 0 aromatic heterocycles. The first-order valence-electron chi connectivity index (χ1n) is 4.15. The SMILES string of the molecule is N#CCNCCc1ccc(Cl)cc1. The van der Waals surface area contributed by atoms with Gasteiger partial charge in [-0.15, -0.1) is 0 Å². The fraction of sp³-hybridized carbons (Fsp3) is 0.300. The second kappa shape index (κ2) is 5.58. The van der Waals surface area contributed by atoms with Crippen LogP contribution in [0.15, 0.2) is 24.3 Å². The number of nitrogens with one attached hydrogen (secondary N) is 1. The second-order valence-electron chi connectivity index (χ2n) is 2.71. The van der Waals surface area contributed by atoms with E-state index >= 15 is 0 Å². The van der Waals surface area contributed by atoms with Gasteiger partial charge in [0.1, 0.15) is 0 Å². The van der Waals surface area contributed by atoms with Crippen LogP contribution in [0.5, 0.6) is 0 Å². The van der Waals surface area contributed by atoms with Crippen molar-refractivity contribution in [1.82, 2.24) is 5.32 Å². The zero-order valence-corrected chi connectivity index (χ0v) is 8.01. The third-order valence-electron chi connectivity index (χ3n) is 1.71. The quantitative estimate of drug-likeness (QED) is 0.588. The van der Waals surface area contributed by atoms with Crippen molar-refractivity contribution in [1.29, 1.82) is 5.26 Å². The molecule has 0 saturated carbocycles. The molecular formula is C10H11ClN2. The highest BCUT2D eigenvalue weighted by Gasteiger charge is 1.92. The summed E-state index contributed by atoms with van der Waals surface area (Å²) in [5.74, 6) is 0. The Morgan fingerprint density at radius 1 is 1.31 bits per heavy atom. The number of benzene rings is 1. The van der Waals surface area contributed by atoms with Gasteiger partial charge in [-0.2, -0.15) is 5.26 Å². The smallest absolute Gasteiger partial charge is 0.0841 e. The van der Waals surface area contributed by atoms with E-state index in [-0.39, 0.29) is 0 Å². The summed E-state index contributed by atoms with van der Waals surface area (Å²) >= 11 is 5.74. The Bertz CT molecular complexity index is 287. The maximum atomic E-state index is 8.27. The van der Waals surface area contributed by atoms with E-state index in [2.05, 4.69) is 5.32 Å². The van der Waals surface area contributed by atoms with Gasteiger partial charge in [0, 0.05) is 11.6 Å². The Morgan fingerprint density at radius 3 is 2.62 bits per heavy atom. The number of nitriles is 1. The summed E-state index contributed by atoms with van der Waals surface area (Å²) in [6.45, 7) is 1.24. The first-order chi connectivity index (χ1) is 6.33. The molecule has 0 aliphatic carbocycles. The third kappa shape index (κ3) is 3.93. The zero-order chi connectivity index (χ0) is 9.52. The first kappa shape index (κ1) is 10.0. The average Bonchev–Trinajstić information content (AvgIpc) is 2.15. The monoisotopic (exact) mass is 194 g/mol. The van der Waals surface area contributed by atoms with Gasteiger partial charge in [-0.3, -0.25) is 0 Å². The molecule has 0 amide bonds. The third-order valence-corrected chi connectivity index (χ3v) is 1.96. The lowest BCUT2D eigenvalue weighted by molar-refractivity contribution is 0.749. The molecule has 3 heteroatoms. The Hall–Kier alpha value is -1.04. The standard InChI is InChI=1S/C10H11ClN2/c11-10-3-1-9(2-4-10)5-7-13-8-6-12/h1-4,13H,5,7-8H2. The molecule has 2 nitrogen and oxygen atoms in total. The summed E-state index contributed by atoms with van der Waals surface area (Å²) in [6.07, 6.45) is 0.929. The number of hydrogen-bond acceptors (Lipinski definition) is 2. The molecule has 1 N–H and O–H groups in total. The van der Waals surface area contributed by atoms with Crippen molar-refractivity contribution in [2.45, 2.75) is 6.42 Å². The van der Waals surface area contributed by atoms with Crippen molar-refractivity contribution in [3.63, 3.8) is 0 Å². The zero-order valence-electron chi connectivity index (χ0n) is 7.26. The molecule has 0 aliphatic rings. The van der Waals surface area contributed by atoms with Gasteiger partial charge in [0.2, 0.25) is 0 Å². The van der Waals surface area contributed by atoms with Gasteiger partial charge < -0.3 is 5.32 Å². The van der Waals surface area contributed by atoms with E-state index in [0.717, 1.165) is 18.0 Å². The van der Waals surface area contributed by atoms with Crippen LogP contribution in [0.1, 0.15) is 5.56 Å². The lowest BCUT2D eigenvalue weighted by Crippen LogP contribution is -2.16. The molecule has 0 heterocycles. The maximum absolute atomic E-state index is 8.27. The summed E-state index contributed by atoms with van der Waals surface area (Å²) in [7, 11) is 0. The summed E-state index contributed by atoms with van der Waals surface area (Å²) in [5, 5.41) is 12.0. The van der Waals surface area contributed by atoms with Gasteiger partial charge in [0.05, 0.1) is 12.6 Å². The molecule has 0 saturated heterocycles. The summed E-state index contributed by atoms with van der Waals surface area (Å²) in [6, 6.07) is 9.78. The highest BCUT2D eigenvalue weighted by Crippen LogP contribution is 2.09. The highest BCUT2D eigenvalue weighted by atomic mass is 35.5. The van der Waals surface area contributed by atoms with Crippen molar-refractivity contribution in [3.05, 3.63) is 34.9 Å². The van der Waals surface area contributed by atoms with Crippen LogP contribution in [0, 0.1) is 11.3 Å². The largest absolute Gasteiger partial charge is 0.304 e. The van der Waals surface area contributed by atoms with Gasteiger partial charge in [0.15, 0.2) is 0 Å². The Balaban J connectivity index is 2.30. The lowest BCUT2D eigenvalue weighted by Gasteiger charge is -2.00. The normalized spacial score (nSPS) is 9.54. The van der Waals surface area contributed by atoms with Crippen molar-refractivity contribution in [3.8, 4) is 6.07 Å². The summed E-state index contributed by atoms with van der Waals surface area (Å²) in [4.78, 5) is 0. The highest BCUT2D eigenvalue weighted by molar-refractivity contribution is 6.30. The van der Waals surface area contributed by atoms with Crippen molar-refractivity contribution in [2.75, 3.05) is 13.1 Å². The molecule has 0 atom stereocenters. The Morgan fingerprint density at radius 2 is 2.00 bits per heavy atom. The fourth-order valence-electron chi connectivity index (χ4n) is 1.03. The van der Waals surface area contributed by atoms with Crippen LogP contribution in [0.25, 0.3) is 0 Å². The van der Waals surface area contributed by atoms with E-state index in [1.165, 1.54) is 5.56 Å². The average molecular weight is 195 g/mol. The van der Waals surface area contributed by atoms with Crippen LogP contribution in [0.4, 0.5) is 0 Å². The minimum absolute atomic E-state index is 0.410. The Kier molecular flexibility index (Phi) is 4.31. The van der Waals surface area contributed by atoms with Crippen LogP contribution in [-0.2, 0) is 6.42 Å². The van der Waals surface area contributed by atoms with Gasteiger partial charge in [0.25, 0.3) is 0 Å². The second-order valence-corrected chi connectivity index (χ2v) is 3.15. The number of rotatable bonds is 4. The van der Waals surface area contributed by atoms with Gasteiger partial charge in [-0.1, -0.05) is 23.7 Å². The van der Waals surface area contributed by atoms with Crippen molar-refractivity contribution >= 4 is 11.6 Å². The molecular weight excluding hydrogens is 184 g/mol. The van der Waals surface area contributed by atoms with Crippen molar-refractivity contribution < 1.29 is 0 Å². The molecule has 0 spiro atoms. The molecule has 13 heavy (non-hydrogen) atoms. The van der Waals surface area contributed by atoms with Crippen LogP contribution < -0.4 is 5.32 Å². The molecule has 0 bridgehead atoms. The summed E-state index contributed by atoms with van der Waals surface area (Å²) < 4.78 is 0.